The molecule has 0 saturated heterocycles. The Morgan fingerprint density at radius 1 is 1.11 bits per heavy atom. The Kier molecular flexibility index (Phi) is 6.76. The van der Waals surface area contributed by atoms with Crippen LogP contribution in [0.25, 0.3) is 5.78 Å². The van der Waals surface area contributed by atoms with Gasteiger partial charge in [-0.15, -0.1) is 5.10 Å². The van der Waals surface area contributed by atoms with Gasteiger partial charge in [0.15, 0.2) is 0 Å². The van der Waals surface area contributed by atoms with Gasteiger partial charge in [-0.1, -0.05) is 35.0 Å². The summed E-state index contributed by atoms with van der Waals surface area (Å²) in [5.41, 5.74) is 0.568. The minimum Gasteiger partial charge on any atom is -0.354 e. The standard InChI is InChI=1S/C16H18Cl2N8OS/c1-3-19-13-22-14(20-4-2)26-15(23-13)24-16(25-26)28-8-12(27)21-9-5-6-10(17)11(18)7-9/h5-7H,3-4,8H2,1-2H3,(H,21,27)(H2,19,20,22,23,24,25). The van der Waals surface area contributed by atoms with Crippen LogP contribution in [0.4, 0.5) is 17.6 Å². The van der Waals surface area contributed by atoms with E-state index < -0.39 is 0 Å². The summed E-state index contributed by atoms with van der Waals surface area (Å²) in [6, 6.07) is 4.90. The Hall–Kier alpha value is -2.30. The monoisotopic (exact) mass is 440 g/mol. The highest BCUT2D eigenvalue weighted by molar-refractivity contribution is 7.99. The number of carbonyl (C=O) groups excluding carboxylic acids is 1. The lowest BCUT2D eigenvalue weighted by Gasteiger charge is -2.06. The van der Waals surface area contributed by atoms with Crippen LogP contribution in [-0.2, 0) is 4.79 Å². The van der Waals surface area contributed by atoms with Crippen molar-refractivity contribution in [3.8, 4) is 0 Å². The average molecular weight is 441 g/mol. The number of benzene rings is 1. The van der Waals surface area contributed by atoms with Gasteiger partial charge in [-0.05, 0) is 32.0 Å². The molecule has 9 nitrogen and oxygen atoms in total. The van der Waals surface area contributed by atoms with Crippen molar-refractivity contribution in [3.63, 3.8) is 0 Å². The molecule has 0 atom stereocenters. The van der Waals surface area contributed by atoms with E-state index in [1.807, 2.05) is 13.8 Å². The van der Waals surface area contributed by atoms with E-state index in [1.54, 1.807) is 18.2 Å². The van der Waals surface area contributed by atoms with Gasteiger partial charge in [-0.2, -0.15) is 19.5 Å². The number of thioether (sulfide) groups is 1. The third kappa shape index (κ3) is 4.94. The molecule has 2 aromatic heterocycles. The summed E-state index contributed by atoms with van der Waals surface area (Å²) in [7, 11) is 0. The highest BCUT2D eigenvalue weighted by Crippen LogP contribution is 2.25. The first-order valence-electron chi connectivity index (χ1n) is 8.50. The maximum Gasteiger partial charge on any atom is 0.259 e. The molecule has 1 amide bonds. The largest absolute Gasteiger partial charge is 0.354 e. The Morgan fingerprint density at radius 2 is 1.89 bits per heavy atom. The average Bonchev–Trinajstić information content (AvgIpc) is 3.07. The molecule has 0 fully saturated rings. The van der Waals surface area contributed by atoms with Crippen LogP contribution in [0, 0.1) is 0 Å². The molecule has 3 N–H and O–H groups in total. The molecule has 0 aliphatic carbocycles. The van der Waals surface area contributed by atoms with Gasteiger partial charge in [0.25, 0.3) is 5.78 Å². The third-order valence-electron chi connectivity index (χ3n) is 3.39. The lowest BCUT2D eigenvalue weighted by molar-refractivity contribution is -0.113. The molecule has 12 heteroatoms. The van der Waals surface area contributed by atoms with Crippen LogP contribution in [0.5, 0.6) is 0 Å². The maximum atomic E-state index is 12.2. The SMILES string of the molecule is CCNc1nc(NCC)n2nc(SCC(=O)Nc3ccc(Cl)c(Cl)c3)nc2n1. The molecular weight excluding hydrogens is 423 g/mol. The van der Waals surface area contributed by atoms with Gasteiger partial charge in [-0.25, -0.2) is 0 Å². The molecule has 28 heavy (non-hydrogen) atoms. The zero-order chi connectivity index (χ0) is 20.1. The predicted octanol–water partition coefficient (Wildman–Crippen LogP) is 3.42. The first-order valence-corrected chi connectivity index (χ1v) is 10.2. The summed E-state index contributed by atoms with van der Waals surface area (Å²) in [5, 5.41) is 14.5. The fourth-order valence-corrected chi connectivity index (χ4v) is 3.16. The smallest absolute Gasteiger partial charge is 0.259 e. The van der Waals surface area contributed by atoms with Gasteiger partial charge in [0.2, 0.25) is 23.0 Å². The summed E-state index contributed by atoms with van der Waals surface area (Å²) >= 11 is 13.0. The number of hydrogen-bond donors (Lipinski definition) is 3. The van der Waals surface area contributed by atoms with Crippen molar-refractivity contribution in [1.29, 1.82) is 0 Å². The molecule has 3 rings (SSSR count). The molecule has 1 aromatic carbocycles. The normalized spacial score (nSPS) is 10.9. The highest BCUT2D eigenvalue weighted by atomic mass is 35.5. The Labute approximate surface area is 175 Å². The van der Waals surface area contributed by atoms with Crippen LogP contribution in [0.15, 0.2) is 23.4 Å². The van der Waals surface area contributed by atoms with Crippen LogP contribution in [0.1, 0.15) is 13.8 Å². The van der Waals surface area contributed by atoms with Crippen LogP contribution in [0.3, 0.4) is 0 Å². The van der Waals surface area contributed by atoms with Gasteiger partial charge in [-0.3, -0.25) is 4.79 Å². The number of nitrogens with zero attached hydrogens (tertiary/aromatic N) is 5. The fraction of sp³-hybridized carbons (Fsp3) is 0.312. The van der Waals surface area contributed by atoms with Gasteiger partial charge < -0.3 is 16.0 Å². The van der Waals surface area contributed by atoms with Crippen molar-refractivity contribution in [2.75, 3.05) is 34.8 Å². The second kappa shape index (κ2) is 9.26. The third-order valence-corrected chi connectivity index (χ3v) is 4.97. The summed E-state index contributed by atoms with van der Waals surface area (Å²) in [6.07, 6.45) is 0. The zero-order valence-corrected chi connectivity index (χ0v) is 17.5. The lowest BCUT2D eigenvalue weighted by atomic mass is 10.3. The molecule has 148 valence electrons. The van der Waals surface area contributed by atoms with Crippen molar-refractivity contribution < 1.29 is 4.79 Å². The molecule has 0 spiro atoms. The molecule has 0 aliphatic rings. The molecule has 0 unspecified atom stereocenters. The maximum absolute atomic E-state index is 12.2. The Bertz CT molecular complexity index is 996. The zero-order valence-electron chi connectivity index (χ0n) is 15.2. The molecule has 0 bridgehead atoms. The number of amides is 1. The molecular formula is C16H18Cl2N8OS. The summed E-state index contributed by atoms with van der Waals surface area (Å²) < 4.78 is 1.52. The summed E-state index contributed by atoms with van der Waals surface area (Å²) in [4.78, 5) is 25.3. The van der Waals surface area contributed by atoms with E-state index in [-0.39, 0.29) is 11.7 Å². The van der Waals surface area contributed by atoms with Crippen molar-refractivity contribution in [1.82, 2.24) is 24.6 Å². The minimum atomic E-state index is -0.214. The highest BCUT2D eigenvalue weighted by Gasteiger charge is 2.14. The number of aromatic nitrogens is 5. The summed E-state index contributed by atoms with van der Waals surface area (Å²) in [5.74, 6) is 1.31. The molecule has 0 aliphatic heterocycles. The van der Waals surface area contributed by atoms with E-state index in [1.165, 1.54) is 16.3 Å². The first kappa shape index (κ1) is 20.4. The second-order valence-electron chi connectivity index (χ2n) is 5.50. The lowest BCUT2D eigenvalue weighted by Crippen LogP contribution is -2.14. The van der Waals surface area contributed by atoms with Gasteiger partial charge in [0.1, 0.15) is 0 Å². The van der Waals surface area contributed by atoms with Crippen LogP contribution >= 0.6 is 35.0 Å². The number of anilines is 3. The van der Waals surface area contributed by atoms with Crippen LogP contribution < -0.4 is 16.0 Å². The van der Waals surface area contributed by atoms with Crippen molar-refractivity contribution in [3.05, 3.63) is 28.2 Å². The Balaban J connectivity index is 1.70. The molecule has 0 radical (unpaired) electrons. The fourth-order valence-electron chi connectivity index (χ4n) is 2.24. The Morgan fingerprint density at radius 3 is 2.61 bits per heavy atom. The van der Waals surface area contributed by atoms with Gasteiger partial charge in [0.05, 0.1) is 15.8 Å². The number of rotatable bonds is 8. The van der Waals surface area contributed by atoms with Crippen LogP contribution in [0.2, 0.25) is 10.0 Å². The van der Waals surface area contributed by atoms with E-state index in [9.17, 15) is 4.79 Å². The summed E-state index contributed by atoms with van der Waals surface area (Å²) in [6.45, 7) is 5.28. The number of nitrogens with one attached hydrogen (secondary N) is 3. The van der Waals surface area contributed by atoms with E-state index in [2.05, 4.69) is 36.0 Å². The molecule has 2 heterocycles. The number of carbonyl (C=O) groups is 1. The van der Waals surface area contributed by atoms with E-state index in [0.717, 1.165) is 0 Å². The van der Waals surface area contributed by atoms with E-state index in [0.29, 0.717) is 51.7 Å². The number of fused-ring (bicyclic) bond motifs is 1. The van der Waals surface area contributed by atoms with E-state index >= 15 is 0 Å². The quantitative estimate of drug-likeness (QED) is 0.457. The second-order valence-corrected chi connectivity index (χ2v) is 7.26. The topological polar surface area (TPSA) is 109 Å². The van der Waals surface area contributed by atoms with Crippen molar-refractivity contribution in [2.45, 2.75) is 19.0 Å². The van der Waals surface area contributed by atoms with Crippen molar-refractivity contribution in [2.24, 2.45) is 0 Å². The number of halogens is 2. The van der Waals surface area contributed by atoms with Gasteiger partial charge >= 0.3 is 0 Å². The predicted molar refractivity (Wildman–Crippen MR) is 113 cm³/mol. The van der Waals surface area contributed by atoms with Crippen molar-refractivity contribution >= 4 is 64.2 Å². The first-order chi connectivity index (χ1) is 13.5. The van der Waals surface area contributed by atoms with E-state index in [4.69, 9.17) is 23.2 Å². The molecule has 0 saturated carbocycles. The number of hydrogen-bond acceptors (Lipinski definition) is 8. The molecule has 3 aromatic rings. The minimum absolute atomic E-state index is 0.126. The van der Waals surface area contributed by atoms with Gasteiger partial charge in [0, 0.05) is 18.8 Å². The van der Waals surface area contributed by atoms with Crippen LogP contribution in [-0.4, -0.2) is 49.3 Å².